The molecule has 1 fully saturated rings. The SMILES string of the molecule is CC(Cl)N1CCN(c2ccc(F)c(Cl)c2Cl)CC1. The van der Waals surface area contributed by atoms with Crippen LogP contribution in [0, 0.1) is 5.82 Å². The summed E-state index contributed by atoms with van der Waals surface area (Å²) in [6.45, 7) is 5.28. The van der Waals surface area contributed by atoms with E-state index in [4.69, 9.17) is 34.8 Å². The molecule has 0 spiro atoms. The number of benzene rings is 1. The second-order valence-electron chi connectivity index (χ2n) is 4.29. The third-order valence-corrected chi connectivity index (χ3v) is 4.30. The number of anilines is 1. The maximum atomic E-state index is 13.2. The molecule has 0 N–H and O–H groups in total. The zero-order chi connectivity index (χ0) is 13.3. The zero-order valence-corrected chi connectivity index (χ0v) is 12.2. The fourth-order valence-electron chi connectivity index (χ4n) is 2.08. The number of halogens is 4. The van der Waals surface area contributed by atoms with E-state index < -0.39 is 5.82 Å². The van der Waals surface area contributed by atoms with Gasteiger partial charge in [-0.15, -0.1) is 11.6 Å². The molecular weight excluding hydrogens is 298 g/mol. The summed E-state index contributed by atoms with van der Waals surface area (Å²) in [5, 5.41) is 0.270. The van der Waals surface area contributed by atoms with Gasteiger partial charge in [0.25, 0.3) is 0 Å². The van der Waals surface area contributed by atoms with E-state index in [2.05, 4.69) is 9.80 Å². The van der Waals surface area contributed by atoms with E-state index in [1.807, 2.05) is 6.92 Å². The van der Waals surface area contributed by atoms with Gasteiger partial charge in [-0.3, -0.25) is 4.90 Å². The van der Waals surface area contributed by atoms with E-state index in [1.54, 1.807) is 6.07 Å². The van der Waals surface area contributed by atoms with Crippen LogP contribution < -0.4 is 4.90 Å². The lowest BCUT2D eigenvalue weighted by atomic mass is 10.2. The molecular formula is C12H14Cl3FN2. The molecule has 0 aromatic heterocycles. The van der Waals surface area contributed by atoms with Gasteiger partial charge in [0.05, 0.1) is 21.2 Å². The van der Waals surface area contributed by atoms with Crippen molar-refractivity contribution in [2.45, 2.75) is 12.4 Å². The first-order chi connectivity index (χ1) is 8.50. The summed E-state index contributed by atoms with van der Waals surface area (Å²) in [4.78, 5) is 4.28. The summed E-state index contributed by atoms with van der Waals surface area (Å²) < 4.78 is 13.2. The minimum absolute atomic E-state index is 0.0118. The summed E-state index contributed by atoms with van der Waals surface area (Å²) in [5.41, 5.74) is 0.810. The van der Waals surface area contributed by atoms with Crippen LogP contribution in [-0.2, 0) is 0 Å². The molecule has 1 saturated heterocycles. The summed E-state index contributed by atoms with van der Waals surface area (Å²) in [7, 11) is 0. The highest BCUT2D eigenvalue weighted by Gasteiger charge is 2.22. The highest BCUT2D eigenvalue weighted by molar-refractivity contribution is 6.43. The molecule has 1 aromatic rings. The number of hydrogen-bond acceptors (Lipinski definition) is 2. The smallest absolute Gasteiger partial charge is 0.143 e. The largest absolute Gasteiger partial charge is 0.368 e. The van der Waals surface area contributed by atoms with Crippen LogP contribution >= 0.6 is 34.8 Å². The molecule has 0 saturated carbocycles. The van der Waals surface area contributed by atoms with Crippen molar-refractivity contribution in [2.75, 3.05) is 31.1 Å². The van der Waals surface area contributed by atoms with E-state index in [0.29, 0.717) is 0 Å². The average Bonchev–Trinajstić information content (AvgIpc) is 2.36. The van der Waals surface area contributed by atoms with Crippen LogP contribution in [0.3, 0.4) is 0 Å². The Bertz CT molecular complexity index is 432. The Balaban J connectivity index is 2.13. The predicted octanol–water partition coefficient (Wildman–Crippen LogP) is 3.84. The topological polar surface area (TPSA) is 6.48 Å². The molecule has 6 heteroatoms. The third-order valence-electron chi connectivity index (χ3n) is 3.17. The second kappa shape index (κ2) is 5.83. The van der Waals surface area contributed by atoms with Crippen molar-refractivity contribution >= 4 is 40.5 Å². The van der Waals surface area contributed by atoms with Crippen molar-refractivity contribution in [3.63, 3.8) is 0 Å². The highest BCUT2D eigenvalue weighted by Crippen LogP contribution is 2.35. The van der Waals surface area contributed by atoms with Crippen LogP contribution in [0.15, 0.2) is 12.1 Å². The van der Waals surface area contributed by atoms with Gasteiger partial charge < -0.3 is 4.90 Å². The maximum absolute atomic E-state index is 13.2. The Morgan fingerprint density at radius 3 is 2.28 bits per heavy atom. The fraction of sp³-hybridized carbons (Fsp3) is 0.500. The van der Waals surface area contributed by atoms with E-state index in [9.17, 15) is 4.39 Å². The molecule has 2 nitrogen and oxygen atoms in total. The lowest BCUT2D eigenvalue weighted by Gasteiger charge is -2.37. The first-order valence-corrected chi connectivity index (χ1v) is 6.96. The molecule has 1 aromatic carbocycles. The Kier molecular flexibility index (Phi) is 4.59. The molecule has 100 valence electrons. The number of alkyl halides is 1. The molecule has 1 aliphatic rings. The summed E-state index contributed by atoms with van der Waals surface area (Å²) in [5.74, 6) is -0.488. The summed E-state index contributed by atoms with van der Waals surface area (Å²) in [6.07, 6.45) is 0. The molecule has 0 aliphatic carbocycles. The van der Waals surface area contributed by atoms with Crippen LogP contribution in [0.1, 0.15) is 6.92 Å². The Labute approximate surface area is 121 Å². The first-order valence-electron chi connectivity index (χ1n) is 5.77. The predicted molar refractivity (Wildman–Crippen MR) is 75.5 cm³/mol. The van der Waals surface area contributed by atoms with Crippen LogP contribution in [-0.4, -0.2) is 36.6 Å². The van der Waals surface area contributed by atoms with Crippen LogP contribution in [0.4, 0.5) is 10.1 Å². The molecule has 1 aliphatic heterocycles. The van der Waals surface area contributed by atoms with Crippen molar-refractivity contribution in [3.8, 4) is 0 Å². The van der Waals surface area contributed by atoms with Gasteiger partial charge in [0.2, 0.25) is 0 Å². The molecule has 1 atom stereocenters. The maximum Gasteiger partial charge on any atom is 0.143 e. The Hall–Kier alpha value is -0.220. The van der Waals surface area contributed by atoms with E-state index >= 15 is 0 Å². The molecule has 1 unspecified atom stereocenters. The van der Waals surface area contributed by atoms with Crippen LogP contribution in [0.25, 0.3) is 0 Å². The lowest BCUT2D eigenvalue weighted by molar-refractivity contribution is 0.247. The molecule has 0 radical (unpaired) electrons. The molecule has 1 heterocycles. The number of rotatable bonds is 2. The van der Waals surface area contributed by atoms with E-state index in [-0.39, 0.29) is 15.5 Å². The number of nitrogens with zero attached hydrogens (tertiary/aromatic N) is 2. The fourth-order valence-corrected chi connectivity index (χ4v) is 2.71. The molecule has 0 bridgehead atoms. The number of hydrogen-bond donors (Lipinski definition) is 0. The standard InChI is InChI=1S/C12H14Cl3FN2/c1-8(13)17-4-6-18(7-5-17)10-3-2-9(16)11(14)12(10)15/h2-3,8H,4-7H2,1H3. The van der Waals surface area contributed by atoms with Gasteiger partial charge in [0.15, 0.2) is 0 Å². The minimum Gasteiger partial charge on any atom is -0.368 e. The Morgan fingerprint density at radius 1 is 1.11 bits per heavy atom. The second-order valence-corrected chi connectivity index (χ2v) is 5.68. The van der Waals surface area contributed by atoms with Crippen molar-refractivity contribution in [1.29, 1.82) is 0 Å². The number of piperazine rings is 1. The van der Waals surface area contributed by atoms with E-state index in [0.717, 1.165) is 31.9 Å². The van der Waals surface area contributed by atoms with Crippen LogP contribution in [0.5, 0.6) is 0 Å². The summed E-state index contributed by atoms with van der Waals surface area (Å²) >= 11 is 17.9. The van der Waals surface area contributed by atoms with Gasteiger partial charge >= 0.3 is 0 Å². The molecule has 18 heavy (non-hydrogen) atoms. The first kappa shape index (κ1) is 14.2. The molecule has 2 rings (SSSR count). The van der Waals surface area contributed by atoms with Gasteiger partial charge in [-0.1, -0.05) is 23.2 Å². The zero-order valence-electron chi connectivity index (χ0n) is 9.97. The van der Waals surface area contributed by atoms with Crippen molar-refractivity contribution < 1.29 is 4.39 Å². The van der Waals surface area contributed by atoms with Gasteiger partial charge in [-0.05, 0) is 19.1 Å². The van der Waals surface area contributed by atoms with Gasteiger partial charge in [0, 0.05) is 26.2 Å². The van der Waals surface area contributed by atoms with Crippen molar-refractivity contribution in [2.24, 2.45) is 0 Å². The molecule has 0 amide bonds. The summed E-state index contributed by atoms with van der Waals surface area (Å²) in [6, 6.07) is 3.02. The third kappa shape index (κ3) is 2.85. The Morgan fingerprint density at radius 2 is 1.72 bits per heavy atom. The van der Waals surface area contributed by atoms with E-state index in [1.165, 1.54) is 6.07 Å². The van der Waals surface area contributed by atoms with Crippen molar-refractivity contribution in [3.05, 3.63) is 28.0 Å². The van der Waals surface area contributed by atoms with Gasteiger partial charge in [-0.25, -0.2) is 4.39 Å². The highest BCUT2D eigenvalue weighted by atomic mass is 35.5. The minimum atomic E-state index is -0.488. The quantitative estimate of drug-likeness (QED) is 0.465. The normalized spacial score (nSPS) is 19.1. The monoisotopic (exact) mass is 310 g/mol. The van der Waals surface area contributed by atoms with Gasteiger partial charge in [0.1, 0.15) is 5.82 Å². The lowest BCUT2D eigenvalue weighted by Crippen LogP contribution is -2.48. The van der Waals surface area contributed by atoms with Crippen LogP contribution in [0.2, 0.25) is 10.0 Å². The van der Waals surface area contributed by atoms with Crippen molar-refractivity contribution in [1.82, 2.24) is 4.90 Å². The van der Waals surface area contributed by atoms with Gasteiger partial charge in [-0.2, -0.15) is 0 Å². The average molecular weight is 312 g/mol.